The summed E-state index contributed by atoms with van der Waals surface area (Å²) in [6.45, 7) is 1.69. The molecule has 0 radical (unpaired) electrons. The standard InChI is InChI=1S/C17H24ClNO/c1-19(12-15-7-6-8-16(18)11-15)13-17(14-20)9-4-2-3-5-10-17/h6-8,11,14H,2-5,9-10,12-13H2,1H3. The molecule has 2 rings (SSSR count). The van der Waals surface area contributed by atoms with Gasteiger partial charge in [0.2, 0.25) is 0 Å². The Balaban J connectivity index is 1.98. The number of carbonyl (C=O) groups excluding carboxylic acids is 1. The van der Waals surface area contributed by atoms with Crippen molar-refractivity contribution in [1.82, 2.24) is 4.90 Å². The number of carbonyl (C=O) groups is 1. The fourth-order valence-corrected chi connectivity index (χ4v) is 3.50. The Hall–Kier alpha value is -0.860. The predicted octanol–water partition coefficient (Wildman–Crippen LogP) is 4.31. The van der Waals surface area contributed by atoms with Gasteiger partial charge in [0.25, 0.3) is 0 Å². The Labute approximate surface area is 127 Å². The van der Waals surface area contributed by atoms with Crippen LogP contribution in [0.1, 0.15) is 44.1 Å². The summed E-state index contributed by atoms with van der Waals surface area (Å²) in [7, 11) is 2.09. The zero-order valence-corrected chi connectivity index (χ0v) is 13.0. The van der Waals surface area contributed by atoms with E-state index in [-0.39, 0.29) is 5.41 Å². The first kappa shape index (κ1) is 15.5. The third-order valence-corrected chi connectivity index (χ3v) is 4.51. The van der Waals surface area contributed by atoms with E-state index in [0.717, 1.165) is 31.0 Å². The Bertz CT molecular complexity index is 438. The summed E-state index contributed by atoms with van der Waals surface area (Å²) in [4.78, 5) is 13.9. The molecule has 0 N–H and O–H groups in total. The van der Waals surface area contributed by atoms with Crippen LogP contribution in [0.15, 0.2) is 24.3 Å². The molecule has 110 valence electrons. The van der Waals surface area contributed by atoms with Gasteiger partial charge in [0.1, 0.15) is 6.29 Å². The number of nitrogens with zero attached hydrogens (tertiary/aromatic N) is 1. The molecule has 0 aromatic heterocycles. The first-order valence-corrected chi connectivity index (χ1v) is 7.91. The molecule has 3 heteroatoms. The Morgan fingerprint density at radius 1 is 1.25 bits per heavy atom. The molecule has 0 spiro atoms. The van der Waals surface area contributed by atoms with Crippen molar-refractivity contribution in [2.45, 2.75) is 45.1 Å². The van der Waals surface area contributed by atoms with Crippen molar-refractivity contribution >= 4 is 17.9 Å². The van der Waals surface area contributed by atoms with Gasteiger partial charge in [-0.2, -0.15) is 0 Å². The van der Waals surface area contributed by atoms with Crippen LogP contribution in [0.4, 0.5) is 0 Å². The smallest absolute Gasteiger partial charge is 0.127 e. The van der Waals surface area contributed by atoms with Gasteiger partial charge in [-0.3, -0.25) is 0 Å². The molecule has 1 aliphatic rings. The van der Waals surface area contributed by atoms with Crippen LogP contribution in [-0.2, 0) is 11.3 Å². The fourth-order valence-electron chi connectivity index (χ4n) is 3.29. The van der Waals surface area contributed by atoms with Gasteiger partial charge < -0.3 is 9.69 Å². The molecule has 20 heavy (non-hydrogen) atoms. The van der Waals surface area contributed by atoms with Gasteiger partial charge in [0.15, 0.2) is 0 Å². The second kappa shape index (κ2) is 7.24. The summed E-state index contributed by atoms with van der Waals surface area (Å²) in [6, 6.07) is 7.96. The maximum atomic E-state index is 11.6. The zero-order chi connectivity index (χ0) is 14.4. The lowest BCUT2D eigenvalue weighted by Crippen LogP contribution is -2.36. The maximum Gasteiger partial charge on any atom is 0.127 e. The van der Waals surface area contributed by atoms with Crippen LogP contribution in [0, 0.1) is 5.41 Å². The molecule has 0 aliphatic heterocycles. The lowest BCUT2D eigenvalue weighted by atomic mass is 9.81. The van der Waals surface area contributed by atoms with Gasteiger partial charge >= 0.3 is 0 Å². The minimum atomic E-state index is -0.135. The van der Waals surface area contributed by atoms with Crippen LogP contribution in [0.2, 0.25) is 5.02 Å². The molecule has 0 heterocycles. The number of benzene rings is 1. The highest BCUT2D eigenvalue weighted by Gasteiger charge is 2.31. The van der Waals surface area contributed by atoms with E-state index in [2.05, 4.69) is 18.0 Å². The van der Waals surface area contributed by atoms with Crippen LogP contribution in [0.5, 0.6) is 0 Å². The summed E-state index contributed by atoms with van der Waals surface area (Å²) in [5, 5.41) is 0.774. The molecule has 0 saturated heterocycles. The first-order valence-electron chi connectivity index (χ1n) is 7.53. The Morgan fingerprint density at radius 2 is 1.95 bits per heavy atom. The molecular weight excluding hydrogens is 270 g/mol. The number of aldehydes is 1. The maximum absolute atomic E-state index is 11.6. The predicted molar refractivity (Wildman–Crippen MR) is 84.0 cm³/mol. The van der Waals surface area contributed by atoms with E-state index < -0.39 is 0 Å². The zero-order valence-electron chi connectivity index (χ0n) is 12.3. The molecule has 2 nitrogen and oxygen atoms in total. The van der Waals surface area contributed by atoms with Crippen LogP contribution < -0.4 is 0 Å². The van der Waals surface area contributed by atoms with Crippen molar-refractivity contribution < 1.29 is 4.79 Å². The lowest BCUT2D eigenvalue weighted by Gasteiger charge is -2.31. The quantitative estimate of drug-likeness (QED) is 0.595. The average Bonchev–Trinajstić information content (AvgIpc) is 2.65. The van der Waals surface area contributed by atoms with Crippen molar-refractivity contribution in [1.29, 1.82) is 0 Å². The summed E-state index contributed by atoms with van der Waals surface area (Å²) >= 11 is 6.02. The van der Waals surface area contributed by atoms with E-state index in [1.54, 1.807) is 0 Å². The van der Waals surface area contributed by atoms with Crippen molar-refractivity contribution in [3.8, 4) is 0 Å². The van der Waals surface area contributed by atoms with Crippen LogP contribution >= 0.6 is 11.6 Å². The summed E-state index contributed by atoms with van der Waals surface area (Å²) in [5.41, 5.74) is 1.07. The third kappa shape index (κ3) is 4.32. The molecule has 0 atom stereocenters. The highest BCUT2D eigenvalue weighted by atomic mass is 35.5. The molecule has 0 amide bonds. The number of hydrogen-bond acceptors (Lipinski definition) is 2. The van der Waals surface area contributed by atoms with Crippen LogP contribution in [0.25, 0.3) is 0 Å². The summed E-state index contributed by atoms with van der Waals surface area (Å²) < 4.78 is 0. The van der Waals surface area contributed by atoms with E-state index in [4.69, 9.17) is 11.6 Å². The Morgan fingerprint density at radius 3 is 2.55 bits per heavy atom. The molecule has 1 saturated carbocycles. The summed E-state index contributed by atoms with van der Waals surface area (Å²) in [6.07, 6.45) is 8.20. The number of hydrogen-bond donors (Lipinski definition) is 0. The van der Waals surface area contributed by atoms with E-state index >= 15 is 0 Å². The molecule has 1 aliphatic carbocycles. The van der Waals surface area contributed by atoms with Crippen molar-refractivity contribution in [2.24, 2.45) is 5.41 Å². The number of rotatable bonds is 5. The SMILES string of the molecule is CN(Cc1cccc(Cl)c1)CC1(C=O)CCCCCC1. The second-order valence-corrected chi connectivity index (χ2v) is 6.63. The highest BCUT2D eigenvalue weighted by Crippen LogP contribution is 2.34. The highest BCUT2D eigenvalue weighted by molar-refractivity contribution is 6.30. The van der Waals surface area contributed by atoms with E-state index in [0.29, 0.717) is 0 Å². The molecule has 1 aromatic carbocycles. The van der Waals surface area contributed by atoms with Crippen molar-refractivity contribution in [2.75, 3.05) is 13.6 Å². The van der Waals surface area contributed by atoms with Gasteiger partial charge in [0.05, 0.1) is 0 Å². The topological polar surface area (TPSA) is 20.3 Å². The van der Waals surface area contributed by atoms with Crippen LogP contribution in [-0.4, -0.2) is 24.8 Å². The fraction of sp³-hybridized carbons (Fsp3) is 0.588. The van der Waals surface area contributed by atoms with E-state index in [1.165, 1.54) is 37.5 Å². The van der Waals surface area contributed by atoms with Crippen molar-refractivity contribution in [3.05, 3.63) is 34.9 Å². The molecule has 0 unspecified atom stereocenters. The van der Waals surface area contributed by atoms with Crippen molar-refractivity contribution in [3.63, 3.8) is 0 Å². The van der Waals surface area contributed by atoms with Gasteiger partial charge in [-0.05, 0) is 37.6 Å². The molecule has 0 bridgehead atoms. The molecule has 1 fully saturated rings. The Kier molecular flexibility index (Phi) is 5.62. The van der Waals surface area contributed by atoms with Gasteiger partial charge in [-0.25, -0.2) is 0 Å². The van der Waals surface area contributed by atoms with Gasteiger partial charge in [-0.15, -0.1) is 0 Å². The van der Waals surface area contributed by atoms with Gasteiger partial charge in [-0.1, -0.05) is 49.4 Å². The number of halogens is 1. The van der Waals surface area contributed by atoms with Crippen LogP contribution in [0.3, 0.4) is 0 Å². The monoisotopic (exact) mass is 293 g/mol. The lowest BCUT2D eigenvalue weighted by molar-refractivity contribution is -0.118. The summed E-state index contributed by atoms with van der Waals surface area (Å²) in [5.74, 6) is 0. The largest absolute Gasteiger partial charge is 0.303 e. The minimum Gasteiger partial charge on any atom is -0.303 e. The molecular formula is C17H24ClNO. The van der Waals surface area contributed by atoms with E-state index in [1.807, 2.05) is 18.2 Å². The van der Waals surface area contributed by atoms with Gasteiger partial charge in [0, 0.05) is 23.5 Å². The second-order valence-electron chi connectivity index (χ2n) is 6.20. The normalized spacial score (nSPS) is 18.8. The van der Waals surface area contributed by atoms with E-state index in [9.17, 15) is 4.79 Å². The first-order chi connectivity index (χ1) is 9.63. The minimum absolute atomic E-state index is 0.135. The third-order valence-electron chi connectivity index (χ3n) is 4.28. The molecule has 1 aromatic rings. The average molecular weight is 294 g/mol.